The predicted octanol–water partition coefficient (Wildman–Crippen LogP) is 4.43. The van der Waals surface area contributed by atoms with Gasteiger partial charge in [-0.25, -0.2) is 15.4 Å². The number of hydrogen-bond donors (Lipinski definition) is 1. The van der Waals surface area contributed by atoms with Crippen molar-refractivity contribution in [2.24, 2.45) is 5.92 Å². The second-order valence-corrected chi connectivity index (χ2v) is 6.72. The van der Waals surface area contributed by atoms with Gasteiger partial charge in [-0.2, -0.15) is 0 Å². The molecule has 118 valence electrons. The van der Waals surface area contributed by atoms with E-state index in [0.717, 1.165) is 20.9 Å². The van der Waals surface area contributed by atoms with E-state index in [1.54, 1.807) is 24.6 Å². The first-order valence-corrected chi connectivity index (χ1v) is 7.66. The van der Waals surface area contributed by atoms with Gasteiger partial charge in [0.25, 0.3) is 5.54 Å². The number of aliphatic hydroxyl groups is 1. The van der Waals surface area contributed by atoms with Crippen LogP contribution in [0.25, 0.3) is 15.7 Å². The lowest BCUT2D eigenvalue weighted by Gasteiger charge is -2.15. The van der Waals surface area contributed by atoms with Gasteiger partial charge in [-0.3, -0.25) is 0 Å². The summed E-state index contributed by atoms with van der Waals surface area (Å²) in [6.07, 6.45) is -0.841. The van der Waals surface area contributed by atoms with Crippen LogP contribution in [0.2, 0.25) is 0 Å². The van der Waals surface area contributed by atoms with Crippen LogP contribution in [0.3, 0.4) is 0 Å². The lowest BCUT2D eigenvalue weighted by atomic mass is 9.95. The first kappa shape index (κ1) is 16.9. The van der Waals surface area contributed by atoms with E-state index in [2.05, 4.69) is 20.8 Å². The SMILES string of the molecule is [C-]#[N+]C(C)(C)c1cn(CC(CO)C(F)F)c2cc(Br)ccc12. The largest absolute Gasteiger partial charge is 0.396 e. The van der Waals surface area contributed by atoms with Gasteiger partial charge in [0.15, 0.2) is 0 Å². The Morgan fingerprint density at radius 2 is 2.09 bits per heavy atom. The number of fused-ring (bicyclic) bond motifs is 1. The Bertz CT molecular complexity index is 719. The van der Waals surface area contributed by atoms with Crippen molar-refractivity contribution in [3.05, 3.63) is 45.8 Å². The average Bonchev–Trinajstić information content (AvgIpc) is 2.83. The van der Waals surface area contributed by atoms with Crippen LogP contribution >= 0.6 is 15.9 Å². The monoisotopic (exact) mass is 370 g/mol. The van der Waals surface area contributed by atoms with Crippen molar-refractivity contribution >= 4 is 26.8 Å². The van der Waals surface area contributed by atoms with Crippen molar-refractivity contribution in [3.8, 4) is 0 Å². The number of hydrogen-bond acceptors (Lipinski definition) is 1. The maximum absolute atomic E-state index is 12.9. The molecule has 6 heteroatoms. The van der Waals surface area contributed by atoms with Crippen molar-refractivity contribution < 1.29 is 13.9 Å². The number of aliphatic hydroxyl groups excluding tert-OH is 1. The molecule has 0 saturated heterocycles. The molecule has 0 fully saturated rings. The lowest BCUT2D eigenvalue weighted by Crippen LogP contribution is -2.21. The van der Waals surface area contributed by atoms with Gasteiger partial charge in [0.1, 0.15) is 0 Å². The third-order valence-electron chi connectivity index (χ3n) is 3.81. The van der Waals surface area contributed by atoms with E-state index in [1.807, 2.05) is 18.2 Å². The summed E-state index contributed by atoms with van der Waals surface area (Å²) in [5.41, 5.74) is 0.841. The zero-order chi connectivity index (χ0) is 16.5. The standard InChI is InChI=1S/C16H17BrF2N2O/c1-16(2,20-3)13-8-21(7-10(9-22)15(18)19)14-6-11(17)4-5-12(13)14/h4-6,8,10,15,22H,7,9H2,1-2H3. The lowest BCUT2D eigenvalue weighted by molar-refractivity contribution is 0.0330. The topological polar surface area (TPSA) is 29.5 Å². The summed E-state index contributed by atoms with van der Waals surface area (Å²) in [5, 5.41) is 10.0. The number of nitrogens with zero attached hydrogens (tertiary/aromatic N) is 2. The third-order valence-corrected chi connectivity index (χ3v) is 4.30. The van der Waals surface area contributed by atoms with E-state index in [4.69, 9.17) is 11.7 Å². The number of benzene rings is 1. The van der Waals surface area contributed by atoms with Crippen molar-refractivity contribution in [2.75, 3.05) is 6.61 Å². The number of aromatic nitrogens is 1. The molecule has 3 nitrogen and oxygen atoms in total. The van der Waals surface area contributed by atoms with E-state index < -0.39 is 24.5 Å². The molecule has 0 amide bonds. The molecule has 1 aromatic carbocycles. The first-order chi connectivity index (χ1) is 10.3. The molecule has 1 unspecified atom stereocenters. The van der Waals surface area contributed by atoms with Gasteiger partial charge in [0.05, 0.1) is 18.1 Å². The second-order valence-electron chi connectivity index (χ2n) is 5.80. The fourth-order valence-corrected chi connectivity index (χ4v) is 2.78. The Morgan fingerprint density at radius 1 is 1.41 bits per heavy atom. The average molecular weight is 371 g/mol. The van der Waals surface area contributed by atoms with Crippen LogP contribution in [0.4, 0.5) is 8.78 Å². The van der Waals surface area contributed by atoms with Gasteiger partial charge in [-0.05, 0) is 12.1 Å². The zero-order valence-corrected chi connectivity index (χ0v) is 13.9. The van der Waals surface area contributed by atoms with Crippen molar-refractivity contribution in [3.63, 3.8) is 0 Å². The normalized spacial score (nSPS) is 13.5. The second kappa shape index (κ2) is 6.35. The maximum Gasteiger partial charge on any atom is 0.254 e. The molecule has 0 saturated carbocycles. The number of alkyl halides is 2. The molecular weight excluding hydrogens is 354 g/mol. The molecule has 2 rings (SSSR count). The minimum absolute atomic E-state index is 0.00913. The molecule has 0 aliphatic heterocycles. The summed E-state index contributed by atoms with van der Waals surface area (Å²) in [4.78, 5) is 3.64. The summed E-state index contributed by atoms with van der Waals surface area (Å²) in [7, 11) is 0. The highest BCUT2D eigenvalue weighted by molar-refractivity contribution is 9.10. The van der Waals surface area contributed by atoms with Crippen LogP contribution in [-0.4, -0.2) is 22.7 Å². The quantitative estimate of drug-likeness (QED) is 0.775. The molecule has 0 radical (unpaired) electrons. The summed E-state index contributed by atoms with van der Waals surface area (Å²) in [6.45, 7) is 10.4. The van der Waals surface area contributed by atoms with Gasteiger partial charge in [-0.1, -0.05) is 22.0 Å². The third kappa shape index (κ3) is 3.16. The van der Waals surface area contributed by atoms with Crippen molar-refractivity contribution in [2.45, 2.75) is 32.4 Å². The van der Waals surface area contributed by atoms with E-state index >= 15 is 0 Å². The first-order valence-electron chi connectivity index (χ1n) is 6.86. The Labute approximate surface area is 136 Å². The van der Waals surface area contributed by atoms with E-state index in [9.17, 15) is 8.78 Å². The van der Waals surface area contributed by atoms with Crippen LogP contribution in [0.5, 0.6) is 0 Å². The van der Waals surface area contributed by atoms with Crippen molar-refractivity contribution in [1.82, 2.24) is 4.57 Å². The molecule has 0 spiro atoms. The Balaban J connectivity index is 2.60. The fraction of sp³-hybridized carbons (Fsp3) is 0.438. The summed E-state index contributed by atoms with van der Waals surface area (Å²) >= 11 is 3.38. The Hall–Kier alpha value is -1.45. The van der Waals surface area contributed by atoms with Crippen LogP contribution < -0.4 is 0 Å². The molecule has 1 N–H and O–H groups in total. The summed E-state index contributed by atoms with van der Waals surface area (Å²) in [5.74, 6) is -1.13. The minimum atomic E-state index is -2.59. The highest BCUT2D eigenvalue weighted by Crippen LogP contribution is 2.35. The van der Waals surface area contributed by atoms with E-state index in [0.29, 0.717) is 0 Å². The number of halogens is 3. The van der Waals surface area contributed by atoms with Crippen molar-refractivity contribution in [1.29, 1.82) is 0 Å². The summed E-state index contributed by atoms with van der Waals surface area (Å²) in [6, 6.07) is 5.60. The van der Waals surface area contributed by atoms with Gasteiger partial charge in [0.2, 0.25) is 6.43 Å². The van der Waals surface area contributed by atoms with Crippen LogP contribution in [0.1, 0.15) is 19.4 Å². The zero-order valence-electron chi connectivity index (χ0n) is 12.4. The van der Waals surface area contributed by atoms with Crippen LogP contribution in [0.15, 0.2) is 28.9 Å². The van der Waals surface area contributed by atoms with Gasteiger partial charge < -0.3 is 14.5 Å². The highest BCUT2D eigenvalue weighted by Gasteiger charge is 2.31. The number of rotatable bonds is 5. The van der Waals surface area contributed by atoms with E-state index in [1.165, 1.54) is 0 Å². The molecular formula is C16H17BrF2N2O. The predicted molar refractivity (Wildman–Crippen MR) is 85.8 cm³/mol. The van der Waals surface area contributed by atoms with E-state index in [-0.39, 0.29) is 6.54 Å². The molecule has 1 heterocycles. The molecule has 0 aliphatic carbocycles. The minimum Gasteiger partial charge on any atom is -0.396 e. The fourth-order valence-electron chi connectivity index (χ4n) is 2.43. The van der Waals surface area contributed by atoms with Crippen LogP contribution in [-0.2, 0) is 12.1 Å². The molecule has 22 heavy (non-hydrogen) atoms. The molecule has 1 aromatic heterocycles. The molecule has 1 atom stereocenters. The molecule has 2 aromatic rings. The Kier molecular flexibility index (Phi) is 4.88. The van der Waals surface area contributed by atoms with Gasteiger partial charge in [0, 0.05) is 42.0 Å². The van der Waals surface area contributed by atoms with Gasteiger partial charge in [-0.15, -0.1) is 0 Å². The summed E-state index contributed by atoms with van der Waals surface area (Å²) < 4.78 is 28.4. The van der Waals surface area contributed by atoms with Gasteiger partial charge >= 0.3 is 0 Å². The maximum atomic E-state index is 12.9. The van der Waals surface area contributed by atoms with Crippen LogP contribution in [0, 0.1) is 12.5 Å². The highest BCUT2D eigenvalue weighted by atomic mass is 79.9. The molecule has 0 aliphatic rings. The smallest absolute Gasteiger partial charge is 0.254 e. The molecule has 0 bridgehead atoms. The Morgan fingerprint density at radius 3 is 2.64 bits per heavy atom.